The Balaban J connectivity index is 1.70. The molecule has 1 atom stereocenters. The van der Waals surface area contributed by atoms with Crippen LogP contribution in [0.1, 0.15) is 41.8 Å². The van der Waals surface area contributed by atoms with Gasteiger partial charge in [-0.3, -0.25) is 4.79 Å². The molecule has 1 aliphatic rings. The zero-order chi connectivity index (χ0) is 18.7. The van der Waals surface area contributed by atoms with Gasteiger partial charge in [0.1, 0.15) is 17.5 Å². The molecule has 6 heteroatoms. The highest BCUT2D eigenvalue weighted by Gasteiger charge is 2.27. The second-order valence-electron chi connectivity index (χ2n) is 6.64. The molecule has 2 heterocycles. The Morgan fingerprint density at radius 3 is 2.69 bits per heavy atom. The van der Waals surface area contributed by atoms with Gasteiger partial charge in [0.05, 0.1) is 13.2 Å². The lowest BCUT2D eigenvalue weighted by atomic mass is 10.1. The average Bonchev–Trinajstić information content (AvgIpc) is 3.08. The smallest absolute Gasteiger partial charge is 0.289 e. The van der Waals surface area contributed by atoms with E-state index in [1.165, 1.54) is 12.1 Å². The molecule has 1 amide bonds. The van der Waals surface area contributed by atoms with Gasteiger partial charge in [-0.05, 0) is 49.6 Å². The molecule has 3 rings (SSSR count). The van der Waals surface area contributed by atoms with Crippen LogP contribution in [0.5, 0.6) is 0 Å². The number of morpholine rings is 1. The van der Waals surface area contributed by atoms with Crippen molar-refractivity contribution >= 4 is 5.91 Å². The van der Waals surface area contributed by atoms with Crippen LogP contribution in [0.2, 0.25) is 0 Å². The molecule has 1 fully saturated rings. The largest absolute Gasteiger partial charge is 0.443 e. The Kier molecular flexibility index (Phi) is 5.12. The topological polar surface area (TPSA) is 62.9 Å². The van der Waals surface area contributed by atoms with Gasteiger partial charge < -0.3 is 19.2 Å². The second-order valence-corrected chi connectivity index (χ2v) is 6.64. The first-order valence-electron chi connectivity index (χ1n) is 8.33. The number of carbonyl (C=O) groups excluding carboxylic acids is 1. The number of halogens is 1. The van der Waals surface area contributed by atoms with E-state index in [9.17, 15) is 14.3 Å². The van der Waals surface area contributed by atoms with Crippen LogP contribution >= 0.6 is 0 Å². The molecular weight excluding hydrogens is 337 g/mol. The number of hydrogen-bond acceptors (Lipinski definition) is 4. The van der Waals surface area contributed by atoms with E-state index >= 15 is 0 Å². The minimum atomic E-state index is -1.14. The summed E-state index contributed by atoms with van der Waals surface area (Å²) in [5, 5.41) is 9.63. The summed E-state index contributed by atoms with van der Waals surface area (Å²) in [7, 11) is 0. The number of nitrogens with zero attached hydrogens (tertiary/aromatic N) is 1. The van der Waals surface area contributed by atoms with Crippen LogP contribution in [0.3, 0.4) is 0 Å². The van der Waals surface area contributed by atoms with E-state index in [-0.39, 0.29) is 23.6 Å². The number of rotatable bonds is 2. The third-order valence-corrected chi connectivity index (χ3v) is 3.90. The summed E-state index contributed by atoms with van der Waals surface area (Å²) >= 11 is 0. The first-order valence-corrected chi connectivity index (χ1v) is 8.33. The van der Waals surface area contributed by atoms with Crippen LogP contribution in [0, 0.1) is 17.7 Å². The number of amides is 1. The summed E-state index contributed by atoms with van der Waals surface area (Å²) in [5.41, 5.74) is -0.316. The number of hydrogen-bond donors (Lipinski definition) is 1. The van der Waals surface area contributed by atoms with Gasteiger partial charge in [0.15, 0.2) is 11.5 Å². The zero-order valence-corrected chi connectivity index (χ0v) is 14.7. The summed E-state index contributed by atoms with van der Waals surface area (Å²) in [5.74, 6) is 5.28. The first-order chi connectivity index (χ1) is 12.3. The predicted octanol–water partition coefficient (Wildman–Crippen LogP) is 2.75. The highest BCUT2D eigenvalue weighted by atomic mass is 19.1. The van der Waals surface area contributed by atoms with Crippen molar-refractivity contribution in [1.82, 2.24) is 4.90 Å². The van der Waals surface area contributed by atoms with Crippen molar-refractivity contribution in [3.05, 3.63) is 59.3 Å². The van der Waals surface area contributed by atoms with Gasteiger partial charge in [-0.1, -0.05) is 18.1 Å². The van der Waals surface area contributed by atoms with E-state index in [4.69, 9.17) is 9.15 Å². The molecule has 1 unspecified atom stereocenters. The average molecular weight is 357 g/mol. The quantitative estimate of drug-likeness (QED) is 0.840. The zero-order valence-electron chi connectivity index (χ0n) is 14.7. The molecule has 0 saturated carbocycles. The lowest BCUT2D eigenvalue weighted by molar-refractivity contribution is -0.0238. The monoisotopic (exact) mass is 357 g/mol. The van der Waals surface area contributed by atoms with Crippen LogP contribution in [0.4, 0.5) is 4.39 Å². The molecule has 26 heavy (non-hydrogen) atoms. The minimum Gasteiger partial charge on any atom is -0.443 e. The number of furan rings is 1. The predicted molar refractivity (Wildman–Crippen MR) is 92.9 cm³/mol. The van der Waals surface area contributed by atoms with Crippen LogP contribution in [0.15, 0.2) is 40.8 Å². The van der Waals surface area contributed by atoms with Crippen molar-refractivity contribution in [3.8, 4) is 11.8 Å². The lowest BCUT2D eigenvalue weighted by Crippen LogP contribution is -2.42. The fraction of sp³-hybridized carbons (Fsp3) is 0.350. The molecule has 5 nitrogen and oxygen atoms in total. The van der Waals surface area contributed by atoms with Gasteiger partial charge in [-0.2, -0.15) is 0 Å². The first kappa shape index (κ1) is 18.2. The van der Waals surface area contributed by atoms with Crippen molar-refractivity contribution < 1.29 is 23.4 Å². The molecule has 2 aromatic rings. The summed E-state index contributed by atoms with van der Waals surface area (Å²) in [4.78, 5) is 14.3. The molecule has 0 bridgehead atoms. The SMILES string of the molecule is CC(C)(O)C#Cc1ccc(C(=O)N2CCOC(c3ccc(F)cc3)C2)o1. The van der Waals surface area contributed by atoms with Gasteiger partial charge in [0.2, 0.25) is 0 Å². The van der Waals surface area contributed by atoms with Crippen molar-refractivity contribution in [1.29, 1.82) is 0 Å². The molecule has 136 valence electrons. The molecular formula is C20H20FNO4. The maximum absolute atomic E-state index is 13.1. The molecule has 0 radical (unpaired) electrons. The van der Waals surface area contributed by atoms with E-state index < -0.39 is 5.60 Å². The van der Waals surface area contributed by atoms with Crippen molar-refractivity contribution in [2.45, 2.75) is 25.6 Å². The van der Waals surface area contributed by atoms with Crippen molar-refractivity contribution in [2.75, 3.05) is 19.7 Å². The van der Waals surface area contributed by atoms with E-state index in [1.54, 1.807) is 43.0 Å². The van der Waals surface area contributed by atoms with Crippen molar-refractivity contribution in [2.24, 2.45) is 0 Å². The molecule has 1 aliphatic heterocycles. The standard InChI is InChI=1S/C20H20FNO4/c1-20(2,24)10-9-16-7-8-17(26-16)19(23)22-11-12-25-18(13-22)14-3-5-15(21)6-4-14/h3-8,18,24H,11-13H2,1-2H3. The van der Waals surface area contributed by atoms with E-state index in [0.29, 0.717) is 25.5 Å². The maximum atomic E-state index is 13.1. The number of benzene rings is 1. The normalized spacial score (nSPS) is 17.5. The molecule has 1 aromatic carbocycles. The van der Waals surface area contributed by atoms with Gasteiger partial charge in [-0.15, -0.1) is 0 Å². The molecule has 0 spiro atoms. The number of ether oxygens (including phenoxy) is 1. The molecule has 1 saturated heterocycles. The van der Waals surface area contributed by atoms with Gasteiger partial charge >= 0.3 is 0 Å². The lowest BCUT2D eigenvalue weighted by Gasteiger charge is -2.32. The van der Waals surface area contributed by atoms with Crippen LogP contribution in [-0.4, -0.2) is 41.2 Å². The fourth-order valence-corrected chi connectivity index (χ4v) is 2.60. The summed E-state index contributed by atoms with van der Waals surface area (Å²) in [6, 6.07) is 9.23. The van der Waals surface area contributed by atoms with E-state index in [1.807, 2.05) is 0 Å². The highest BCUT2D eigenvalue weighted by Crippen LogP contribution is 2.24. The van der Waals surface area contributed by atoms with Crippen molar-refractivity contribution in [3.63, 3.8) is 0 Å². The van der Waals surface area contributed by atoms with E-state index in [2.05, 4.69) is 11.8 Å². The third kappa shape index (κ3) is 4.51. The molecule has 1 aromatic heterocycles. The molecule has 1 N–H and O–H groups in total. The summed E-state index contributed by atoms with van der Waals surface area (Å²) < 4.78 is 24.3. The summed E-state index contributed by atoms with van der Waals surface area (Å²) in [6.45, 7) is 4.33. The second kappa shape index (κ2) is 7.32. The number of carbonyl (C=O) groups is 1. The highest BCUT2D eigenvalue weighted by molar-refractivity contribution is 5.91. The molecule has 0 aliphatic carbocycles. The Labute approximate surface area is 151 Å². The fourth-order valence-electron chi connectivity index (χ4n) is 2.60. The minimum absolute atomic E-state index is 0.185. The van der Waals surface area contributed by atoms with E-state index in [0.717, 1.165) is 5.56 Å². The Bertz CT molecular complexity index is 839. The van der Waals surface area contributed by atoms with Crippen LogP contribution < -0.4 is 0 Å². The van der Waals surface area contributed by atoms with Gasteiger partial charge in [-0.25, -0.2) is 4.39 Å². The Morgan fingerprint density at radius 1 is 1.27 bits per heavy atom. The third-order valence-electron chi connectivity index (χ3n) is 3.90. The maximum Gasteiger partial charge on any atom is 0.289 e. The Hall–Kier alpha value is -2.62. The van der Waals surface area contributed by atoms with Gasteiger partial charge in [0, 0.05) is 6.54 Å². The summed E-state index contributed by atoms with van der Waals surface area (Å²) in [6.07, 6.45) is -0.308. The number of aliphatic hydroxyl groups is 1. The van der Waals surface area contributed by atoms with Crippen LogP contribution in [0.25, 0.3) is 0 Å². The van der Waals surface area contributed by atoms with Crippen LogP contribution in [-0.2, 0) is 4.74 Å². The Morgan fingerprint density at radius 2 is 2.00 bits per heavy atom. The van der Waals surface area contributed by atoms with Gasteiger partial charge in [0.25, 0.3) is 5.91 Å².